The van der Waals surface area contributed by atoms with Crippen LogP contribution in [0.3, 0.4) is 0 Å². The number of carbonyl (C=O) groups is 2. The molecule has 0 aromatic heterocycles. The van der Waals surface area contributed by atoms with Gasteiger partial charge >= 0.3 is 5.97 Å². The number of rotatable bonds is 7. The topological polar surface area (TPSA) is 73.9 Å². The summed E-state index contributed by atoms with van der Waals surface area (Å²) in [6.45, 7) is 3.67. The Hall–Kier alpha value is -3.80. The van der Waals surface area contributed by atoms with Gasteiger partial charge < -0.3 is 19.5 Å². The first-order chi connectivity index (χ1) is 14.5. The van der Waals surface area contributed by atoms with Gasteiger partial charge in [0.15, 0.2) is 18.1 Å². The third-order valence-electron chi connectivity index (χ3n) is 4.39. The number of aryl methyl sites for hydroxylation is 2. The van der Waals surface area contributed by atoms with E-state index in [-0.39, 0.29) is 12.5 Å². The third kappa shape index (κ3) is 5.38. The van der Waals surface area contributed by atoms with Crippen molar-refractivity contribution in [1.82, 2.24) is 0 Å². The van der Waals surface area contributed by atoms with E-state index in [1.165, 1.54) is 7.11 Å². The highest BCUT2D eigenvalue weighted by atomic mass is 16.6. The lowest BCUT2D eigenvalue weighted by Crippen LogP contribution is -2.18. The maximum absolute atomic E-state index is 12.5. The van der Waals surface area contributed by atoms with Gasteiger partial charge in [-0.25, -0.2) is 4.79 Å². The molecule has 0 bridgehead atoms. The third-order valence-corrected chi connectivity index (χ3v) is 4.39. The molecule has 0 heterocycles. The zero-order valence-corrected chi connectivity index (χ0v) is 17.1. The van der Waals surface area contributed by atoms with Crippen molar-refractivity contribution in [1.29, 1.82) is 0 Å². The maximum atomic E-state index is 12.5. The van der Waals surface area contributed by atoms with E-state index in [0.717, 1.165) is 16.8 Å². The average Bonchev–Trinajstić information content (AvgIpc) is 2.75. The molecule has 0 saturated carbocycles. The van der Waals surface area contributed by atoms with E-state index in [1.807, 2.05) is 38.1 Å². The molecule has 0 aliphatic heterocycles. The minimum absolute atomic E-state index is 0.237. The Labute approximate surface area is 175 Å². The predicted molar refractivity (Wildman–Crippen MR) is 114 cm³/mol. The number of benzene rings is 3. The van der Waals surface area contributed by atoms with Gasteiger partial charge in [-0.15, -0.1) is 0 Å². The van der Waals surface area contributed by atoms with Crippen molar-refractivity contribution in [2.75, 3.05) is 19.0 Å². The molecule has 0 spiro atoms. The SMILES string of the molecule is COc1ccccc1OCC(=O)Oc1ccc(C(=O)Nc2ccc(C)cc2C)cc1. The summed E-state index contributed by atoms with van der Waals surface area (Å²) in [7, 11) is 1.53. The fourth-order valence-corrected chi connectivity index (χ4v) is 2.86. The van der Waals surface area contributed by atoms with Crippen molar-refractivity contribution in [2.45, 2.75) is 13.8 Å². The van der Waals surface area contributed by atoms with Crippen LogP contribution >= 0.6 is 0 Å². The average molecular weight is 405 g/mol. The van der Waals surface area contributed by atoms with Crippen molar-refractivity contribution >= 4 is 17.6 Å². The monoisotopic (exact) mass is 405 g/mol. The molecule has 1 amide bonds. The number of nitrogens with one attached hydrogen (secondary N) is 1. The lowest BCUT2D eigenvalue weighted by atomic mass is 10.1. The first kappa shape index (κ1) is 20.9. The summed E-state index contributed by atoms with van der Waals surface area (Å²) in [6, 6.07) is 19.2. The zero-order valence-electron chi connectivity index (χ0n) is 17.1. The number of carbonyl (C=O) groups excluding carboxylic acids is 2. The molecule has 0 fully saturated rings. The van der Waals surface area contributed by atoms with E-state index in [1.54, 1.807) is 42.5 Å². The van der Waals surface area contributed by atoms with Gasteiger partial charge in [-0.05, 0) is 61.9 Å². The van der Waals surface area contributed by atoms with E-state index in [9.17, 15) is 9.59 Å². The number of amides is 1. The Morgan fingerprint density at radius 1 is 0.900 bits per heavy atom. The van der Waals surface area contributed by atoms with Gasteiger partial charge in [0.1, 0.15) is 5.75 Å². The summed E-state index contributed by atoms with van der Waals surface area (Å²) in [6.07, 6.45) is 0. The van der Waals surface area contributed by atoms with Gasteiger partial charge in [0.05, 0.1) is 7.11 Å². The molecule has 30 heavy (non-hydrogen) atoms. The van der Waals surface area contributed by atoms with Crippen molar-refractivity contribution in [2.24, 2.45) is 0 Å². The fraction of sp³-hybridized carbons (Fsp3) is 0.167. The Kier molecular flexibility index (Phi) is 6.70. The molecule has 3 aromatic rings. The van der Waals surface area contributed by atoms with Crippen LogP contribution in [0, 0.1) is 13.8 Å². The van der Waals surface area contributed by atoms with E-state index in [4.69, 9.17) is 14.2 Å². The van der Waals surface area contributed by atoms with Crippen molar-refractivity contribution in [3.8, 4) is 17.2 Å². The number of methoxy groups -OCH3 is 1. The molecular weight excluding hydrogens is 382 g/mol. The van der Waals surface area contributed by atoms with Crippen LogP contribution in [-0.2, 0) is 4.79 Å². The lowest BCUT2D eigenvalue weighted by molar-refractivity contribution is -0.136. The van der Waals surface area contributed by atoms with E-state index in [0.29, 0.717) is 22.8 Å². The molecule has 3 rings (SSSR count). The number of hydrogen-bond acceptors (Lipinski definition) is 5. The van der Waals surface area contributed by atoms with E-state index >= 15 is 0 Å². The van der Waals surface area contributed by atoms with E-state index in [2.05, 4.69) is 5.32 Å². The second kappa shape index (κ2) is 9.60. The van der Waals surface area contributed by atoms with Gasteiger partial charge in [-0.3, -0.25) is 4.79 Å². The van der Waals surface area contributed by atoms with Gasteiger partial charge in [0.2, 0.25) is 0 Å². The van der Waals surface area contributed by atoms with Crippen molar-refractivity contribution in [3.05, 3.63) is 83.4 Å². The quantitative estimate of drug-likeness (QED) is 0.461. The van der Waals surface area contributed by atoms with Crippen LogP contribution in [0.15, 0.2) is 66.7 Å². The molecule has 3 aromatic carbocycles. The summed E-state index contributed by atoms with van der Waals surface area (Å²) >= 11 is 0. The molecule has 0 aliphatic carbocycles. The molecule has 1 N–H and O–H groups in total. The summed E-state index contributed by atoms with van der Waals surface area (Å²) in [4.78, 5) is 24.5. The van der Waals surface area contributed by atoms with Crippen molar-refractivity contribution < 1.29 is 23.8 Å². The molecule has 154 valence electrons. The number of anilines is 1. The van der Waals surface area contributed by atoms with Gasteiger partial charge in [-0.2, -0.15) is 0 Å². The highest BCUT2D eigenvalue weighted by molar-refractivity contribution is 6.04. The normalized spacial score (nSPS) is 10.2. The number of ether oxygens (including phenoxy) is 3. The van der Waals surface area contributed by atoms with Crippen LogP contribution in [0.1, 0.15) is 21.5 Å². The van der Waals surface area contributed by atoms with Crippen LogP contribution in [0.5, 0.6) is 17.2 Å². The second-order valence-electron chi connectivity index (χ2n) is 6.71. The molecule has 0 aliphatic rings. The summed E-state index contributed by atoms with van der Waals surface area (Å²) in [5, 5.41) is 2.88. The molecule has 0 unspecified atom stereocenters. The Morgan fingerprint density at radius 3 is 2.27 bits per heavy atom. The first-order valence-corrected chi connectivity index (χ1v) is 9.41. The number of esters is 1. The maximum Gasteiger partial charge on any atom is 0.349 e. The predicted octanol–water partition coefficient (Wildman–Crippen LogP) is 4.55. The summed E-state index contributed by atoms with van der Waals surface area (Å²) in [5.74, 6) is 0.513. The standard InChI is InChI=1S/C24H23NO5/c1-16-8-13-20(17(2)14-16)25-24(27)18-9-11-19(12-10-18)30-23(26)15-29-22-7-5-4-6-21(22)28-3/h4-14H,15H2,1-3H3,(H,25,27). The van der Waals surface area contributed by atoms with Gasteiger partial charge in [0, 0.05) is 11.3 Å². The molecule has 6 nitrogen and oxygen atoms in total. The highest BCUT2D eigenvalue weighted by Crippen LogP contribution is 2.25. The van der Waals surface area contributed by atoms with Gasteiger partial charge in [0.25, 0.3) is 5.91 Å². The Balaban J connectivity index is 1.56. The molecule has 6 heteroatoms. The van der Waals surface area contributed by atoms with Gasteiger partial charge in [-0.1, -0.05) is 29.8 Å². The second-order valence-corrected chi connectivity index (χ2v) is 6.71. The molecule has 0 radical (unpaired) electrons. The largest absolute Gasteiger partial charge is 0.493 e. The Bertz CT molecular complexity index is 1040. The first-order valence-electron chi connectivity index (χ1n) is 9.41. The smallest absolute Gasteiger partial charge is 0.349 e. The van der Waals surface area contributed by atoms with Crippen LogP contribution < -0.4 is 19.5 Å². The summed E-state index contributed by atoms with van der Waals surface area (Å²) < 4.78 is 15.9. The lowest BCUT2D eigenvalue weighted by Gasteiger charge is -2.11. The number of hydrogen-bond donors (Lipinski definition) is 1. The van der Waals surface area contributed by atoms with Crippen molar-refractivity contribution in [3.63, 3.8) is 0 Å². The van der Waals surface area contributed by atoms with Crippen LogP contribution in [0.4, 0.5) is 5.69 Å². The Morgan fingerprint density at radius 2 is 1.60 bits per heavy atom. The van der Waals surface area contributed by atoms with E-state index < -0.39 is 5.97 Å². The molecule has 0 saturated heterocycles. The minimum Gasteiger partial charge on any atom is -0.493 e. The van der Waals surface area contributed by atoms with Crippen LogP contribution in [-0.4, -0.2) is 25.6 Å². The fourth-order valence-electron chi connectivity index (χ4n) is 2.86. The minimum atomic E-state index is -0.562. The molecule has 0 atom stereocenters. The zero-order chi connectivity index (χ0) is 21.5. The summed E-state index contributed by atoms with van der Waals surface area (Å²) in [5.41, 5.74) is 3.34. The van der Waals surface area contributed by atoms with Crippen LogP contribution in [0.25, 0.3) is 0 Å². The van der Waals surface area contributed by atoms with Crippen LogP contribution in [0.2, 0.25) is 0 Å². The highest BCUT2D eigenvalue weighted by Gasteiger charge is 2.11. The number of para-hydroxylation sites is 2. The molecular formula is C24H23NO5.